The molecule has 0 aliphatic carbocycles. The van der Waals surface area contributed by atoms with Gasteiger partial charge in [0.15, 0.2) is 11.4 Å². The van der Waals surface area contributed by atoms with E-state index >= 15 is 0 Å². The van der Waals surface area contributed by atoms with E-state index in [1.54, 1.807) is 37.3 Å². The van der Waals surface area contributed by atoms with E-state index in [2.05, 4.69) is 5.32 Å². The third-order valence-electron chi connectivity index (χ3n) is 6.98. The molecule has 0 unspecified atom stereocenters. The van der Waals surface area contributed by atoms with Gasteiger partial charge >= 0.3 is 0 Å². The van der Waals surface area contributed by atoms with E-state index < -0.39 is 58.4 Å². The molecule has 1 fully saturated rings. The van der Waals surface area contributed by atoms with Crippen LogP contribution in [0, 0.1) is 17.5 Å². The minimum absolute atomic E-state index is 0.0686. The number of hydrogen-bond acceptors (Lipinski definition) is 5. The fourth-order valence-electron chi connectivity index (χ4n) is 5.00. The van der Waals surface area contributed by atoms with E-state index in [0.717, 1.165) is 0 Å². The van der Waals surface area contributed by atoms with Crippen LogP contribution in [0.4, 0.5) is 13.2 Å². The molecule has 8 nitrogen and oxygen atoms in total. The van der Waals surface area contributed by atoms with Gasteiger partial charge < -0.3 is 19.5 Å². The van der Waals surface area contributed by atoms with Crippen LogP contribution in [0.5, 0.6) is 5.75 Å². The van der Waals surface area contributed by atoms with E-state index in [0.29, 0.717) is 17.7 Å². The third-order valence-corrected chi connectivity index (χ3v) is 6.98. The highest BCUT2D eigenvalue weighted by molar-refractivity contribution is 6.00. The van der Waals surface area contributed by atoms with Gasteiger partial charge in [-0.1, -0.05) is 30.3 Å². The minimum Gasteiger partial charge on any atom is -0.483 e. The van der Waals surface area contributed by atoms with Gasteiger partial charge in [0.25, 0.3) is 11.8 Å². The number of fused-ring (bicyclic) bond motifs is 4. The lowest BCUT2D eigenvalue weighted by molar-refractivity contribution is -0.119. The van der Waals surface area contributed by atoms with Crippen LogP contribution >= 0.6 is 0 Å². The summed E-state index contributed by atoms with van der Waals surface area (Å²) in [4.78, 5) is 54.3. The van der Waals surface area contributed by atoms with Crippen LogP contribution in [0.2, 0.25) is 0 Å². The molecule has 0 spiro atoms. The summed E-state index contributed by atoms with van der Waals surface area (Å²) >= 11 is 0. The Kier molecular flexibility index (Phi) is 6.98. The summed E-state index contributed by atoms with van der Waals surface area (Å²) in [7, 11) is 0. The molecule has 3 heterocycles. The molecule has 202 valence electrons. The van der Waals surface area contributed by atoms with Gasteiger partial charge in [-0.3, -0.25) is 19.2 Å². The zero-order chi connectivity index (χ0) is 27.8. The van der Waals surface area contributed by atoms with Crippen molar-refractivity contribution in [3.8, 4) is 5.75 Å². The number of Topliss-reactive ketones (excluding diaryl/α,β-unsaturated/α-hetero) is 1. The standard InChI is InChI=1S/C28H24F3N3O5/c1-15-7-19(35)10-18-12-33(15)28(38)24-26(39-14-16-5-3-2-4-6-16)25(36)21(13-34(18)24)27(37)32-11-20-22(30)8-17(29)9-23(20)31/h2-6,8-9,13,15,18H,7,10-12,14H2,1H3,(H,32,37)/t15-,18-/m0/s1. The maximum atomic E-state index is 14.1. The highest BCUT2D eigenvalue weighted by atomic mass is 19.1. The fraction of sp³-hybridized carbons (Fsp3) is 0.286. The number of nitrogens with zero attached hydrogens (tertiary/aromatic N) is 2. The smallest absolute Gasteiger partial charge is 0.274 e. The largest absolute Gasteiger partial charge is 0.483 e. The fourth-order valence-corrected chi connectivity index (χ4v) is 5.00. The molecule has 1 aromatic heterocycles. The lowest BCUT2D eigenvalue weighted by Crippen LogP contribution is -2.47. The zero-order valence-electron chi connectivity index (χ0n) is 20.9. The topological polar surface area (TPSA) is 97.7 Å². The number of hydrogen-bond donors (Lipinski definition) is 1. The first-order valence-corrected chi connectivity index (χ1v) is 12.3. The number of rotatable bonds is 6. The molecule has 1 saturated heterocycles. The predicted molar refractivity (Wildman–Crippen MR) is 133 cm³/mol. The van der Waals surface area contributed by atoms with Gasteiger partial charge in [0, 0.05) is 55.9 Å². The number of benzene rings is 2. The molecule has 2 aliphatic rings. The first kappa shape index (κ1) is 26.2. The molecule has 5 rings (SSSR count). The second-order valence-electron chi connectivity index (χ2n) is 9.67. The monoisotopic (exact) mass is 539 g/mol. The summed E-state index contributed by atoms with van der Waals surface area (Å²) in [6.07, 6.45) is 1.42. The van der Waals surface area contributed by atoms with E-state index in [4.69, 9.17) is 4.74 Å². The highest BCUT2D eigenvalue weighted by Gasteiger charge is 2.41. The Labute approximate surface area is 221 Å². The maximum absolute atomic E-state index is 14.1. The SMILES string of the molecule is C[C@H]1CC(=O)C[C@H]2CN1C(=O)c1c(OCc3ccccc3)c(=O)c(C(=O)NCc3c(F)cc(F)cc3F)cn12. The number of carbonyl (C=O) groups is 3. The first-order valence-electron chi connectivity index (χ1n) is 12.3. The number of pyridine rings is 1. The number of halogens is 3. The molecular formula is C28H24F3N3O5. The molecule has 39 heavy (non-hydrogen) atoms. The third kappa shape index (κ3) is 5.04. The summed E-state index contributed by atoms with van der Waals surface area (Å²) in [6.45, 7) is 1.22. The van der Waals surface area contributed by atoms with Crippen LogP contribution < -0.4 is 15.5 Å². The molecule has 2 atom stereocenters. The second kappa shape index (κ2) is 10.4. The van der Waals surface area contributed by atoms with Crippen LogP contribution in [0.1, 0.15) is 57.8 Å². The van der Waals surface area contributed by atoms with Crippen LogP contribution in [0.25, 0.3) is 0 Å². The lowest BCUT2D eigenvalue weighted by Gasteiger charge is -2.37. The Bertz CT molecular complexity index is 1520. The number of amides is 2. The number of ketones is 1. The van der Waals surface area contributed by atoms with Crippen molar-refractivity contribution in [2.24, 2.45) is 0 Å². The van der Waals surface area contributed by atoms with Gasteiger partial charge in [-0.2, -0.15) is 0 Å². The normalized spacial score (nSPS) is 18.4. The van der Waals surface area contributed by atoms with Crippen LogP contribution in [0.15, 0.2) is 53.5 Å². The van der Waals surface area contributed by atoms with Gasteiger partial charge in [-0.25, -0.2) is 13.2 Å². The summed E-state index contributed by atoms with van der Waals surface area (Å²) in [5, 5.41) is 2.29. The van der Waals surface area contributed by atoms with Crippen molar-refractivity contribution in [3.63, 3.8) is 0 Å². The van der Waals surface area contributed by atoms with Gasteiger partial charge in [0.05, 0.1) is 6.04 Å². The molecule has 2 aliphatic heterocycles. The summed E-state index contributed by atoms with van der Waals surface area (Å²) in [5.41, 5.74) is -1.27. The quantitative estimate of drug-likeness (QED) is 0.517. The Hall–Kier alpha value is -4.41. The predicted octanol–water partition coefficient (Wildman–Crippen LogP) is 3.52. The molecule has 2 bridgehead atoms. The van der Waals surface area contributed by atoms with Crippen molar-refractivity contribution < 1.29 is 32.3 Å². The van der Waals surface area contributed by atoms with Crippen LogP contribution in [0.3, 0.4) is 0 Å². The summed E-state index contributed by atoms with van der Waals surface area (Å²) in [6, 6.07) is 8.91. The maximum Gasteiger partial charge on any atom is 0.274 e. The molecule has 2 aromatic carbocycles. The molecule has 11 heteroatoms. The van der Waals surface area contributed by atoms with E-state index in [1.807, 2.05) is 0 Å². The summed E-state index contributed by atoms with van der Waals surface area (Å²) in [5.74, 6) is -5.42. The Balaban J connectivity index is 1.56. The van der Waals surface area contributed by atoms with Gasteiger partial charge in [-0.05, 0) is 12.5 Å². The van der Waals surface area contributed by atoms with Gasteiger partial charge in [-0.15, -0.1) is 0 Å². The van der Waals surface area contributed by atoms with E-state index in [-0.39, 0.29) is 49.3 Å². The number of carbonyl (C=O) groups excluding carboxylic acids is 3. The van der Waals surface area contributed by atoms with Crippen LogP contribution in [-0.4, -0.2) is 39.7 Å². The minimum atomic E-state index is -1.20. The van der Waals surface area contributed by atoms with Crippen molar-refractivity contribution >= 4 is 17.6 Å². The number of ether oxygens (including phenoxy) is 1. The second-order valence-corrected chi connectivity index (χ2v) is 9.67. The van der Waals surface area contributed by atoms with Gasteiger partial charge in [0.2, 0.25) is 5.43 Å². The highest BCUT2D eigenvalue weighted by Crippen LogP contribution is 2.33. The van der Waals surface area contributed by atoms with Gasteiger partial charge in [0.1, 0.15) is 35.4 Å². The van der Waals surface area contributed by atoms with Crippen molar-refractivity contribution in [3.05, 3.63) is 98.7 Å². The summed E-state index contributed by atoms with van der Waals surface area (Å²) < 4.78 is 48.7. The molecule has 3 aromatic rings. The molecular weight excluding hydrogens is 515 g/mol. The zero-order valence-corrected chi connectivity index (χ0v) is 20.9. The van der Waals surface area contributed by atoms with Crippen molar-refractivity contribution in [2.45, 2.75) is 45.0 Å². The average Bonchev–Trinajstić information content (AvgIpc) is 3.02. The van der Waals surface area contributed by atoms with E-state index in [1.165, 1.54) is 15.7 Å². The first-order chi connectivity index (χ1) is 18.6. The number of nitrogens with one attached hydrogen (secondary N) is 1. The Morgan fingerprint density at radius 1 is 1.05 bits per heavy atom. The average molecular weight is 540 g/mol. The van der Waals surface area contributed by atoms with E-state index in [9.17, 15) is 32.3 Å². The van der Waals surface area contributed by atoms with Crippen molar-refractivity contribution in [2.75, 3.05) is 6.54 Å². The van der Waals surface area contributed by atoms with Crippen molar-refractivity contribution in [1.82, 2.24) is 14.8 Å². The molecule has 2 amide bonds. The number of aromatic nitrogens is 1. The van der Waals surface area contributed by atoms with Crippen molar-refractivity contribution in [1.29, 1.82) is 0 Å². The molecule has 0 radical (unpaired) electrons. The Morgan fingerprint density at radius 3 is 2.44 bits per heavy atom. The molecule has 0 saturated carbocycles. The Morgan fingerprint density at radius 2 is 1.74 bits per heavy atom. The van der Waals surface area contributed by atoms with Crippen LogP contribution in [-0.2, 0) is 17.9 Å². The lowest BCUT2D eigenvalue weighted by atomic mass is 10.0. The molecule has 1 N–H and O–H groups in total.